The molecule has 0 radical (unpaired) electrons. The lowest BCUT2D eigenvalue weighted by Crippen LogP contribution is -2.44. The van der Waals surface area contributed by atoms with E-state index in [0.717, 1.165) is 18.9 Å². The minimum absolute atomic E-state index is 0.0553. The minimum Gasteiger partial charge on any atom is -0.357 e. The Morgan fingerprint density at radius 3 is 2.36 bits per heavy atom. The Bertz CT molecular complexity index is 334. The van der Waals surface area contributed by atoms with Gasteiger partial charge in [-0.3, -0.25) is 4.79 Å². The maximum atomic E-state index is 11.8. The van der Waals surface area contributed by atoms with Crippen molar-refractivity contribution in [2.24, 2.45) is 4.99 Å². The third-order valence-electron chi connectivity index (χ3n) is 3.11. The monoisotopic (exact) mass is 312 g/mol. The summed E-state index contributed by atoms with van der Waals surface area (Å²) in [5, 5.41) is 9.48. The Kier molecular flexibility index (Phi) is 10.7. The lowest BCUT2D eigenvalue weighted by atomic mass is 10.1. The summed E-state index contributed by atoms with van der Waals surface area (Å²) in [6.07, 6.45) is 6.19. The van der Waals surface area contributed by atoms with Gasteiger partial charge >= 0.3 is 0 Å². The molecule has 130 valence electrons. The summed E-state index contributed by atoms with van der Waals surface area (Å²) in [4.78, 5) is 16.2. The lowest BCUT2D eigenvalue weighted by molar-refractivity contribution is -0.121. The molecule has 0 fully saturated rings. The summed E-state index contributed by atoms with van der Waals surface area (Å²) in [6.45, 7) is 13.3. The molecule has 0 saturated heterocycles. The van der Waals surface area contributed by atoms with Crippen LogP contribution in [0.2, 0.25) is 0 Å². The van der Waals surface area contributed by atoms with E-state index in [9.17, 15) is 4.79 Å². The summed E-state index contributed by atoms with van der Waals surface area (Å²) in [7, 11) is 0. The Morgan fingerprint density at radius 1 is 1.14 bits per heavy atom. The number of nitrogens with one attached hydrogen (secondary N) is 3. The lowest BCUT2D eigenvalue weighted by Gasteiger charge is -2.20. The van der Waals surface area contributed by atoms with Crippen molar-refractivity contribution >= 4 is 11.9 Å². The van der Waals surface area contributed by atoms with Crippen LogP contribution >= 0.6 is 0 Å². The number of guanidine groups is 1. The van der Waals surface area contributed by atoms with Crippen LogP contribution in [0.25, 0.3) is 0 Å². The van der Waals surface area contributed by atoms with Crippen molar-refractivity contribution < 1.29 is 4.79 Å². The SMILES string of the molecule is CCCCCCC(C)NC(=NCC(=O)NC(C)(C)C)NCC. The second kappa shape index (κ2) is 11.3. The first-order chi connectivity index (χ1) is 10.3. The Labute approximate surface area is 136 Å². The van der Waals surface area contributed by atoms with Gasteiger partial charge < -0.3 is 16.0 Å². The van der Waals surface area contributed by atoms with Gasteiger partial charge in [0.1, 0.15) is 6.54 Å². The van der Waals surface area contributed by atoms with Crippen LogP contribution in [0.5, 0.6) is 0 Å². The topological polar surface area (TPSA) is 65.5 Å². The van der Waals surface area contributed by atoms with Crippen molar-refractivity contribution in [3.05, 3.63) is 0 Å². The van der Waals surface area contributed by atoms with Gasteiger partial charge in [-0.1, -0.05) is 32.6 Å². The number of nitrogens with zero attached hydrogens (tertiary/aromatic N) is 1. The molecule has 1 unspecified atom stereocenters. The molecule has 1 atom stereocenters. The number of carbonyl (C=O) groups is 1. The van der Waals surface area contributed by atoms with E-state index in [1.165, 1.54) is 25.7 Å². The molecule has 0 aliphatic carbocycles. The van der Waals surface area contributed by atoms with Gasteiger partial charge in [0.15, 0.2) is 5.96 Å². The predicted octanol–water partition coefficient (Wildman–Crippen LogP) is 2.82. The van der Waals surface area contributed by atoms with Crippen LogP contribution in [0.3, 0.4) is 0 Å². The maximum absolute atomic E-state index is 11.8. The molecule has 0 saturated carbocycles. The summed E-state index contributed by atoms with van der Waals surface area (Å²) in [5.41, 5.74) is -0.217. The highest BCUT2D eigenvalue weighted by Crippen LogP contribution is 2.05. The highest BCUT2D eigenvalue weighted by molar-refractivity contribution is 5.85. The van der Waals surface area contributed by atoms with Gasteiger partial charge in [-0.2, -0.15) is 0 Å². The highest BCUT2D eigenvalue weighted by Gasteiger charge is 2.13. The fourth-order valence-electron chi connectivity index (χ4n) is 2.11. The molecule has 5 heteroatoms. The van der Waals surface area contributed by atoms with Gasteiger partial charge in [0.25, 0.3) is 0 Å². The molecule has 22 heavy (non-hydrogen) atoms. The number of rotatable bonds is 9. The zero-order valence-corrected chi connectivity index (χ0v) is 15.4. The van der Waals surface area contributed by atoms with E-state index >= 15 is 0 Å². The van der Waals surface area contributed by atoms with E-state index in [1.807, 2.05) is 27.7 Å². The molecule has 0 heterocycles. The van der Waals surface area contributed by atoms with Gasteiger partial charge in [0, 0.05) is 18.1 Å². The van der Waals surface area contributed by atoms with Crippen LogP contribution in [0.1, 0.15) is 73.6 Å². The fraction of sp³-hybridized carbons (Fsp3) is 0.882. The molecule has 3 N–H and O–H groups in total. The van der Waals surface area contributed by atoms with Crippen LogP contribution < -0.4 is 16.0 Å². The van der Waals surface area contributed by atoms with Gasteiger partial charge in [-0.25, -0.2) is 4.99 Å². The van der Waals surface area contributed by atoms with E-state index in [4.69, 9.17) is 0 Å². The van der Waals surface area contributed by atoms with Gasteiger partial charge in [0.2, 0.25) is 5.91 Å². The zero-order valence-electron chi connectivity index (χ0n) is 15.4. The van der Waals surface area contributed by atoms with Crippen molar-refractivity contribution in [1.29, 1.82) is 0 Å². The number of hydrogen-bond acceptors (Lipinski definition) is 2. The van der Waals surface area contributed by atoms with Crippen molar-refractivity contribution in [1.82, 2.24) is 16.0 Å². The maximum Gasteiger partial charge on any atom is 0.242 e. The third-order valence-corrected chi connectivity index (χ3v) is 3.11. The number of unbranched alkanes of at least 4 members (excludes halogenated alkanes) is 3. The van der Waals surface area contributed by atoms with E-state index in [-0.39, 0.29) is 18.0 Å². The highest BCUT2D eigenvalue weighted by atomic mass is 16.2. The predicted molar refractivity (Wildman–Crippen MR) is 95.2 cm³/mol. The quantitative estimate of drug-likeness (QED) is 0.348. The molecule has 0 aromatic rings. The molecule has 0 aliphatic rings. The fourth-order valence-corrected chi connectivity index (χ4v) is 2.11. The first-order valence-electron chi connectivity index (χ1n) is 8.64. The van der Waals surface area contributed by atoms with Crippen molar-refractivity contribution in [2.75, 3.05) is 13.1 Å². The van der Waals surface area contributed by atoms with E-state index in [1.54, 1.807) is 0 Å². The molecule has 0 rings (SSSR count). The van der Waals surface area contributed by atoms with Crippen LogP contribution in [-0.4, -0.2) is 36.5 Å². The number of aliphatic imine (C=N–C) groups is 1. The first-order valence-corrected chi connectivity index (χ1v) is 8.64. The molecular weight excluding hydrogens is 276 g/mol. The largest absolute Gasteiger partial charge is 0.357 e. The standard InChI is InChI=1S/C17H36N4O/c1-7-9-10-11-12-14(3)20-16(18-8-2)19-13-15(22)21-17(4,5)6/h14H,7-13H2,1-6H3,(H,21,22)(H2,18,19,20). The summed E-state index contributed by atoms with van der Waals surface area (Å²) >= 11 is 0. The van der Waals surface area contributed by atoms with Crippen molar-refractivity contribution in [3.63, 3.8) is 0 Å². The Hall–Kier alpha value is -1.26. The average molecular weight is 313 g/mol. The third kappa shape index (κ3) is 12.5. The van der Waals surface area contributed by atoms with Gasteiger partial charge in [-0.05, 0) is 41.0 Å². The van der Waals surface area contributed by atoms with Crippen LogP contribution in [0.15, 0.2) is 4.99 Å². The van der Waals surface area contributed by atoms with Crippen molar-refractivity contribution in [3.8, 4) is 0 Å². The number of hydrogen-bond donors (Lipinski definition) is 3. The Balaban J connectivity index is 4.27. The van der Waals surface area contributed by atoms with E-state index in [0.29, 0.717) is 6.04 Å². The van der Waals surface area contributed by atoms with Gasteiger partial charge in [0.05, 0.1) is 0 Å². The van der Waals surface area contributed by atoms with Gasteiger partial charge in [-0.15, -0.1) is 0 Å². The molecule has 1 amide bonds. The van der Waals surface area contributed by atoms with Crippen LogP contribution in [0.4, 0.5) is 0 Å². The average Bonchev–Trinajstić information content (AvgIpc) is 2.39. The van der Waals surface area contributed by atoms with Crippen LogP contribution in [0, 0.1) is 0 Å². The smallest absolute Gasteiger partial charge is 0.242 e. The molecule has 0 bridgehead atoms. The second-order valence-electron chi connectivity index (χ2n) is 6.89. The molecule has 0 aromatic heterocycles. The molecule has 0 aliphatic heterocycles. The summed E-state index contributed by atoms with van der Waals surface area (Å²) < 4.78 is 0. The molecule has 5 nitrogen and oxygen atoms in total. The Morgan fingerprint density at radius 2 is 1.82 bits per heavy atom. The first kappa shape index (κ1) is 20.7. The molecular formula is C17H36N4O. The molecule has 0 aromatic carbocycles. The summed E-state index contributed by atoms with van der Waals surface area (Å²) in [5.74, 6) is 0.662. The number of carbonyl (C=O) groups excluding carboxylic acids is 1. The minimum atomic E-state index is -0.217. The van der Waals surface area contributed by atoms with E-state index in [2.05, 4.69) is 34.8 Å². The molecule has 0 spiro atoms. The summed E-state index contributed by atoms with van der Waals surface area (Å²) in [6, 6.07) is 0.361. The normalized spacial score (nSPS) is 13.6. The second-order valence-corrected chi connectivity index (χ2v) is 6.89. The van der Waals surface area contributed by atoms with Crippen molar-refractivity contribution in [2.45, 2.75) is 85.2 Å². The zero-order chi connectivity index (χ0) is 17.0. The van der Waals surface area contributed by atoms with E-state index < -0.39 is 0 Å². The number of amides is 1. The van der Waals surface area contributed by atoms with Crippen LogP contribution in [-0.2, 0) is 4.79 Å².